The van der Waals surface area contributed by atoms with Gasteiger partial charge < -0.3 is 38.3 Å². The molecule has 0 radical (unpaired) electrons. The summed E-state index contributed by atoms with van der Waals surface area (Å²) in [5, 5.41) is 10.7. The number of methoxy groups -OCH3 is 2. The van der Waals surface area contributed by atoms with E-state index in [1.807, 2.05) is 0 Å². The van der Waals surface area contributed by atoms with Crippen LogP contribution in [0.4, 0.5) is 0 Å². The number of rotatable bonds is 5. The number of fused-ring (bicyclic) bond motifs is 3. The molecule has 0 saturated carbocycles. The maximum atomic E-state index is 12.9. The highest BCUT2D eigenvalue weighted by molar-refractivity contribution is 5.80. The second-order valence-electron chi connectivity index (χ2n) is 7.82. The molecule has 1 saturated heterocycles. The number of phenolic OH excluding ortho intramolecular Hbond substituents is 1. The van der Waals surface area contributed by atoms with E-state index in [4.69, 9.17) is 33.2 Å². The van der Waals surface area contributed by atoms with Crippen LogP contribution in [0.1, 0.15) is 30.4 Å². The van der Waals surface area contributed by atoms with Gasteiger partial charge in [-0.2, -0.15) is 0 Å². The van der Waals surface area contributed by atoms with Crippen molar-refractivity contribution in [2.75, 3.05) is 27.6 Å². The molecule has 0 amide bonds. The van der Waals surface area contributed by atoms with Crippen LogP contribution in [0.2, 0.25) is 0 Å². The second kappa shape index (κ2) is 7.73. The summed E-state index contributed by atoms with van der Waals surface area (Å²) in [5.41, 5.74) is 1.13. The van der Waals surface area contributed by atoms with Crippen LogP contribution in [-0.2, 0) is 19.1 Å². The summed E-state index contributed by atoms with van der Waals surface area (Å²) in [4.78, 5) is 24.7. The Morgan fingerprint density at radius 3 is 2.58 bits per heavy atom. The van der Waals surface area contributed by atoms with Crippen LogP contribution in [0.3, 0.4) is 0 Å². The molecule has 1 N–H and O–H groups in total. The van der Waals surface area contributed by atoms with Crippen molar-refractivity contribution < 1.29 is 47.9 Å². The zero-order valence-corrected chi connectivity index (χ0v) is 18.2. The average molecular weight is 458 g/mol. The van der Waals surface area contributed by atoms with Crippen molar-refractivity contribution in [2.45, 2.75) is 25.0 Å². The predicted molar refractivity (Wildman–Crippen MR) is 110 cm³/mol. The van der Waals surface area contributed by atoms with Gasteiger partial charge in [-0.15, -0.1) is 0 Å². The third-order valence-electron chi connectivity index (χ3n) is 6.09. The molecule has 10 nitrogen and oxygen atoms in total. The Bertz CT molecular complexity index is 1140. The van der Waals surface area contributed by atoms with Gasteiger partial charge in [0.15, 0.2) is 29.6 Å². The van der Waals surface area contributed by atoms with Crippen LogP contribution >= 0.6 is 0 Å². The molecule has 0 aliphatic carbocycles. The van der Waals surface area contributed by atoms with Crippen LogP contribution in [-0.4, -0.2) is 50.5 Å². The van der Waals surface area contributed by atoms with E-state index in [2.05, 4.69) is 0 Å². The standard InChI is InChI=1S/C23H22O10/c1-4-18(25)32-21-13(24)5-11(6-17(21)27-2)19-12-7-15-16(31-10-30-15)8-14(12)33-23(28-3)9-29-22(26)20(19)23/h5-8,19-20,24H,4,9-10H2,1-3H3. The van der Waals surface area contributed by atoms with Crippen molar-refractivity contribution in [3.05, 3.63) is 35.4 Å². The lowest BCUT2D eigenvalue weighted by Crippen LogP contribution is -2.51. The molecule has 5 rings (SSSR count). The molecule has 3 heterocycles. The summed E-state index contributed by atoms with van der Waals surface area (Å²) < 4.78 is 38.8. The molecule has 3 aliphatic heterocycles. The summed E-state index contributed by atoms with van der Waals surface area (Å²) in [6, 6.07) is 6.45. The van der Waals surface area contributed by atoms with Gasteiger partial charge in [-0.3, -0.25) is 9.59 Å². The molecule has 33 heavy (non-hydrogen) atoms. The van der Waals surface area contributed by atoms with Crippen LogP contribution in [0.5, 0.6) is 34.5 Å². The zero-order valence-electron chi connectivity index (χ0n) is 18.2. The number of carbonyl (C=O) groups excluding carboxylic acids is 2. The van der Waals surface area contributed by atoms with Gasteiger partial charge in [0, 0.05) is 31.1 Å². The number of hydrogen-bond acceptors (Lipinski definition) is 10. The smallest absolute Gasteiger partial charge is 0.317 e. The Hall–Kier alpha value is -3.66. The van der Waals surface area contributed by atoms with E-state index >= 15 is 0 Å². The van der Waals surface area contributed by atoms with Gasteiger partial charge in [-0.1, -0.05) is 6.92 Å². The van der Waals surface area contributed by atoms with Crippen molar-refractivity contribution in [1.82, 2.24) is 0 Å². The van der Waals surface area contributed by atoms with E-state index in [1.54, 1.807) is 25.1 Å². The maximum Gasteiger partial charge on any atom is 0.317 e. The molecular weight excluding hydrogens is 436 g/mol. The number of aromatic hydroxyl groups is 1. The SMILES string of the molecule is CCC(=O)Oc1c(O)cc(C2c3cc4c(cc3OC3(OC)COC(=O)C23)OCO4)cc1OC. The van der Waals surface area contributed by atoms with Crippen molar-refractivity contribution in [3.63, 3.8) is 0 Å². The van der Waals surface area contributed by atoms with E-state index < -0.39 is 29.6 Å². The van der Waals surface area contributed by atoms with E-state index in [-0.39, 0.29) is 37.1 Å². The number of hydrogen-bond donors (Lipinski definition) is 1. The highest BCUT2D eigenvalue weighted by Gasteiger charge is 2.61. The highest BCUT2D eigenvalue weighted by Crippen LogP contribution is 2.56. The molecule has 2 aromatic rings. The Balaban J connectivity index is 1.70. The van der Waals surface area contributed by atoms with E-state index in [9.17, 15) is 14.7 Å². The number of benzene rings is 2. The minimum absolute atomic E-state index is 0.0654. The highest BCUT2D eigenvalue weighted by atomic mass is 16.7. The van der Waals surface area contributed by atoms with Crippen LogP contribution < -0.4 is 23.7 Å². The first kappa shape index (κ1) is 21.2. The summed E-state index contributed by atoms with van der Waals surface area (Å²) >= 11 is 0. The first-order valence-corrected chi connectivity index (χ1v) is 10.4. The van der Waals surface area contributed by atoms with Gasteiger partial charge in [0.25, 0.3) is 5.79 Å². The zero-order chi connectivity index (χ0) is 23.3. The summed E-state index contributed by atoms with van der Waals surface area (Å²) in [6.45, 7) is 1.60. The van der Waals surface area contributed by atoms with Crippen LogP contribution in [0.15, 0.2) is 24.3 Å². The molecule has 0 bridgehead atoms. The number of carbonyl (C=O) groups is 2. The lowest BCUT2D eigenvalue weighted by atomic mass is 9.75. The normalized spacial score (nSPS) is 24.4. The van der Waals surface area contributed by atoms with Crippen LogP contribution in [0.25, 0.3) is 0 Å². The largest absolute Gasteiger partial charge is 0.504 e. The summed E-state index contributed by atoms with van der Waals surface area (Å²) in [7, 11) is 2.83. The van der Waals surface area contributed by atoms with Gasteiger partial charge in [-0.05, 0) is 23.8 Å². The third-order valence-corrected chi connectivity index (χ3v) is 6.09. The fourth-order valence-corrected chi connectivity index (χ4v) is 4.48. The molecule has 3 aliphatic rings. The average Bonchev–Trinajstić information content (AvgIpc) is 3.41. The predicted octanol–water partition coefficient (Wildman–Crippen LogP) is 2.48. The lowest BCUT2D eigenvalue weighted by Gasteiger charge is -2.41. The maximum absolute atomic E-state index is 12.9. The van der Waals surface area contributed by atoms with Gasteiger partial charge in [0.2, 0.25) is 12.5 Å². The second-order valence-corrected chi connectivity index (χ2v) is 7.82. The van der Waals surface area contributed by atoms with Crippen molar-refractivity contribution in [3.8, 4) is 34.5 Å². The minimum Gasteiger partial charge on any atom is -0.504 e. The van der Waals surface area contributed by atoms with E-state index in [0.29, 0.717) is 28.4 Å². The number of esters is 2. The Labute approximate surface area is 188 Å². The molecule has 0 aromatic heterocycles. The van der Waals surface area contributed by atoms with E-state index in [0.717, 1.165) is 0 Å². The summed E-state index contributed by atoms with van der Waals surface area (Å²) in [6.07, 6.45) is 0.120. The topological polar surface area (TPSA) is 119 Å². The van der Waals surface area contributed by atoms with Gasteiger partial charge in [-0.25, -0.2) is 0 Å². The number of phenols is 1. The van der Waals surface area contributed by atoms with Crippen LogP contribution in [0, 0.1) is 5.92 Å². The molecule has 2 aromatic carbocycles. The Kier molecular flexibility index (Phi) is 4.97. The van der Waals surface area contributed by atoms with Crippen molar-refractivity contribution in [1.29, 1.82) is 0 Å². The van der Waals surface area contributed by atoms with Crippen molar-refractivity contribution in [2.24, 2.45) is 5.92 Å². The Morgan fingerprint density at radius 1 is 1.12 bits per heavy atom. The van der Waals surface area contributed by atoms with E-state index in [1.165, 1.54) is 20.3 Å². The van der Waals surface area contributed by atoms with Gasteiger partial charge in [0.1, 0.15) is 11.7 Å². The molecular formula is C23H22O10. The Morgan fingerprint density at radius 2 is 1.88 bits per heavy atom. The first-order chi connectivity index (χ1) is 15.9. The minimum atomic E-state index is -1.38. The third kappa shape index (κ3) is 3.20. The monoisotopic (exact) mass is 458 g/mol. The summed E-state index contributed by atoms with van der Waals surface area (Å²) in [5.74, 6) is -2.80. The fraction of sp³-hybridized carbons (Fsp3) is 0.391. The molecule has 3 unspecified atom stereocenters. The molecule has 10 heteroatoms. The fourth-order valence-electron chi connectivity index (χ4n) is 4.48. The van der Waals surface area contributed by atoms with Gasteiger partial charge >= 0.3 is 11.9 Å². The first-order valence-electron chi connectivity index (χ1n) is 10.4. The van der Waals surface area contributed by atoms with Gasteiger partial charge in [0.05, 0.1) is 7.11 Å². The molecule has 174 valence electrons. The number of cyclic esters (lactones) is 1. The lowest BCUT2D eigenvalue weighted by molar-refractivity contribution is -0.195. The quantitative estimate of drug-likeness (QED) is 0.529. The molecule has 3 atom stereocenters. The molecule has 1 fully saturated rings. The molecule has 0 spiro atoms. The van der Waals surface area contributed by atoms with Crippen molar-refractivity contribution >= 4 is 11.9 Å². The number of ether oxygens (including phenoxy) is 7.